The zero-order valence-electron chi connectivity index (χ0n) is 14.3. The van der Waals surface area contributed by atoms with Crippen LogP contribution in [0, 0.1) is 0 Å². The van der Waals surface area contributed by atoms with Gasteiger partial charge in [-0.3, -0.25) is 4.99 Å². The summed E-state index contributed by atoms with van der Waals surface area (Å²) in [6.07, 6.45) is 4.26. The molecule has 1 heterocycles. The van der Waals surface area contributed by atoms with Crippen LogP contribution in [-0.2, 0) is 11.3 Å². The van der Waals surface area contributed by atoms with Gasteiger partial charge in [0.15, 0.2) is 5.96 Å². The standard InChI is InChI=1S/C18H27N3O2/c1-19-18(20-11-8-15-9-12-23-13-10-15)21(2)14-16-6-4-5-7-17(16)22-3/h4-7,9H,8,10-14H2,1-3H3,(H,19,20). The van der Waals surface area contributed by atoms with Crippen molar-refractivity contribution < 1.29 is 9.47 Å². The first-order valence-electron chi connectivity index (χ1n) is 8.04. The lowest BCUT2D eigenvalue weighted by Gasteiger charge is -2.23. The molecule has 0 saturated heterocycles. The molecule has 23 heavy (non-hydrogen) atoms. The largest absolute Gasteiger partial charge is 0.496 e. The minimum atomic E-state index is 0.748. The molecule has 0 saturated carbocycles. The summed E-state index contributed by atoms with van der Waals surface area (Å²) in [5.74, 6) is 1.80. The number of aliphatic imine (C=N–C) groups is 1. The lowest BCUT2D eigenvalue weighted by molar-refractivity contribution is 0.153. The molecule has 1 aliphatic rings. The van der Waals surface area contributed by atoms with Crippen LogP contribution in [0.2, 0.25) is 0 Å². The molecule has 1 aliphatic heterocycles. The van der Waals surface area contributed by atoms with Gasteiger partial charge in [0, 0.05) is 32.7 Å². The van der Waals surface area contributed by atoms with Gasteiger partial charge in [-0.15, -0.1) is 0 Å². The highest BCUT2D eigenvalue weighted by Gasteiger charge is 2.10. The van der Waals surface area contributed by atoms with Crippen molar-refractivity contribution in [3.63, 3.8) is 0 Å². The van der Waals surface area contributed by atoms with Crippen molar-refractivity contribution in [2.75, 3.05) is 41.0 Å². The molecule has 0 bridgehead atoms. The number of rotatable bonds is 6. The second-order valence-electron chi connectivity index (χ2n) is 5.58. The Kier molecular flexibility index (Phi) is 6.94. The van der Waals surface area contributed by atoms with E-state index in [2.05, 4.69) is 27.4 Å². The second-order valence-corrected chi connectivity index (χ2v) is 5.58. The van der Waals surface area contributed by atoms with Crippen LogP contribution in [0.1, 0.15) is 18.4 Å². The van der Waals surface area contributed by atoms with E-state index in [1.165, 1.54) is 5.57 Å². The van der Waals surface area contributed by atoms with E-state index < -0.39 is 0 Å². The average Bonchev–Trinajstić information content (AvgIpc) is 2.60. The average molecular weight is 317 g/mol. The van der Waals surface area contributed by atoms with E-state index in [1.807, 2.05) is 32.3 Å². The normalized spacial score (nSPS) is 15.1. The molecule has 126 valence electrons. The highest BCUT2D eigenvalue weighted by Crippen LogP contribution is 2.18. The Labute approximate surface area is 139 Å². The highest BCUT2D eigenvalue weighted by molar-refractivity contribution is 5.79. The van der Waals surface area contributed by atoms with E-state index in [0.717, 1.165) is 56.4 Å². The van der Waals surface area contributed by atoms with Crippen LogP contribution in [0.15, 0.2) is 40.9 Å². The molecule has 0 atom stereocenters. The lowest BCUT2D eigenvalue weighted by atomic mass is 10.1. The third-order valence-corrected chi connectivity index (χ3v) is 3.96. The summed E-state index contributed by atoms with van der Waals surface area (Å²) >= 11 is 0. The predicted molar refractivity (Wildman–Crippen MR) is 94.0 cm³/mol. The number of guanidine groups is 1. The van der Waals surface area contributed by atoms with Crippen LogP contribution < -0.4 is 10.1 Å². The van der Waals surface area contributed by atoms with E-state index in [0.29, 0.717) is 0 Å². The van der Waals surface area contributed by atoms with Crippen LogP contribution in [0.3, 0.4) is 0 Å². The molecule has 5 nitrogen and oxygen atoms in total. The first-order valence-corrected chi connectivity index (χ1v) is 8.04. The van der Waals surface area contributed by atoms with Gasteiger partial charge in [-0.2, -0.15) is 0 Å². The first kappa shape index (κ1) is 17.3. The molecule has 0 spiro atoms. The minimum Gasteiger partial charge on any atom is -0.496 e. The summed E-state index contributed by atoms with van der Waals surface area (Å²) < 4.78 is 10.7. The van der Waals surface area contributed by atoms with Gasteiger partial charge in [0.05, 0.1) is 20.3 Å². The summed E-state index contributed by atoms with van der Waals surface area (Å²) in [4.78, 5) is 6.48. The zero-order valence-corrected chi connectivity index (χ0v) is 14.3. The van der Waals surface area contributed by atoms with Gasteiger partial charge < -0.3 is 19.7 Å². The molecule has 0 aliphatic carbocycles. The quantitative estimate of drug-likeness (QED) is 0.497. The third-order valence-electron chi connectivity index (χ3n) is 3.96. The van der Waals surface area contributed by atoms with Crippen LogP contribution in [-0.4, -0.2) is 51.8 Å². The highest BCUT2D eigenvalue weighted by atomic mass is 16.5. The molecule has 5 heteroatoms. The van der Waals surface area contributed by atoms with Gasteiger partial charge >= 0.3 is 0 Å². The maximum Gasteiger partial charge on any atom is 0.193 e. The number of benzene rings is 1. The van der Waals surface area contributed by atoms with E-state index in [4.69, 9.17) is 9.47 Å². The van der Waals surface area contributed by atoms with Gasteiger partial charge in [0.2, 0.25) is 0 Å². The van der Waals surface area contributed by atoms with Crippen molar-refractivity contribution in [3.8, 4) is 5.75 Å². The van der Waals surface area contributed by atoms with Crippen molar-refractivity contribution in [1.29, 1.82) is 0 Å². The van der Waals surface area contributed by atoms with E-state index in [-0.39, 0.29) is 0 Å². The summed E-state index contributed by atoms with van der Waals surface area (Å²) in [7, 11) is 5.55. The maximum absolute atomic E-state index is 5.41. The Bertz CT molecular complexity index is 555. The molecule has 0 aromatic heterocycles. The number of para-hydroxylation sites is 1. The molecule has 0 fully saturated rings. The van der Waals surface area contributed by atoms with E-state index in [1.54, 1.807) is 7.11 Å². The number of methoxy groups -OCH3 is 1. The SMILES string of the molecule is CN=C(NCCC1=CCOCC1)N(C)Cc1ccccc1OC. The number of hydrogen-bond donors (Lipinski definition) is 1. The van der Waals surface area contributed by atoms with Crippen molar-refractivity contribution >= 4 is 5.96 Å². The molecule has 0 unspecified atom stereocenters. The third kappa shape index (κ3) is 5.28. The van der Waals surface area contributed by atoms with Crippen molar-refractivity contribution in [2.45, 2.75) is 19.4 Å². The molecule has 2 rings (SSSR count). The molecule has 0 amide bonds. The fourth-order valence-electron chi connectivity index (χ4n) is 2.68. The number of hydrogen-bond acceptors (Lipinski definition) is 3. The molecule has 1 N–H and O–H groups in total. The van der Waals surface area contributed by atoms with Crippen molar-refractivity contribution in [1.82, 2.24) is 10.2 Å². The summed E-state index contributed by atoms with van der Waals surface area (Å²) in [5, 5.41) is 3.43. The van der Waals surface area contributed by atoms with Crippen LogP contribution in [0.5, 0.6) is 5.75 Å². The Morgan fingerprint density at radius 1 is 1.39 bits per heavy atom. The van der Waals surface area contributed by atoms with Crippen molar-refractivity contribution in [2.24, 2.45) is 4.99 Å². The Balaban J connectivity index is 1.86. The van der Waals surface area contributed by atoms with Crippen LogP contribution >= 0.6 is 0 Å². The molecular weight excluding hydrogens is 290 g/mol. The zero-order chi connectivity index (χ0) is 16.5. The summed E-state index contributed by atoms with van der Waals surface area (Å²) in [6, 6.07) is 8.07. The van der Waals surface area contributed by atoms with Crippen LogP contribution in [0.25, 0.3) is 0 Å². The van der Waals surface area contributed by atoms with Gasteiger partial charge in [0.1, 0.15) is 5.75 Å². The molecule has 1 aromatic carbocycles. The van der Waals surface area contributed by atoms with Gasteiger partial charge in [-0.05, 0) is 18.9 Å². The Morgan fingerprint density at radius 2 is 2.22 bits per heavy atom. The smallest absolute Gasteiger partial charge is 0.193 e. The van der Waals surface area contributed by atoms with E-state index >= 15 is 0 Å². The molecular formula is C18H27N3O2. The number of ether oxygens (including phenoxy) is 2. The van der Waals surface area contributed by atoms with Crippen LogP contribution in [0.4, 0.5) is 0 Å². The van der Waals surface area contributed by atoms with Gasteiger partial charge in [-0.1, -0.05) is 29.8 Å². The monoisotopic (exact) mass is 317 g/mol. The summed E-state index contributed by atoms with van der Waals surface area (Å²) in [5.41, 5.74) is 2.61. The maximum atomic E-state index is 5.41. The number of nitrogens with one attached hydrogen (secondary N) is 1. The van der Waals surface area contributed by atoms with Crippen molar-refractivity contribution in [3.05, 3.63) is 41.5 Å². The topological polar surface area (TPSA) is 46.1 Å². The predicted octanol–water partition coefficient (Wildman–Crippen LogP) is 2.44. The van der Waals surface area contributed by atoms with Gasteiger partial charge in [0.25, 0.3) is 0 Å². The summed E-state index contributed by atoms with van der Waals surface area (Å²) in [6.45, 7) is 3.22. The fourth-order valence-corrected chi connectivity index (χ4v) is 2.68. The number of nitrogens with zero attached hydrogens (tertiary/aromatic N) is 2. The Morgan fingerprint density at radius 3 is 2.91 bits per heavy atom. The minimum absolute atomic E-state index is 0.748. The first-order chi connectivity index (χ1) is 11.2. The second kappa shape index (κ2) is 9.20. The molecule has 0 radical (unpaired) electrons. The fraction of sp³-hybridized carbons (Fsp3) is 0.500. The van der Waals surface area contributed by atoms with Gasteiger partial charge in [-0.25, -0.2) is 0 Å². The Hall–Kier alpha value is -2.01. The van der Waals surface area contributed by atoms with E-state index in [9.17, 15) is 0 Å². The lowest BCUT2D eigenvalue weighted by Crippen LogP contribution is -2.39. The molecule has 1 aromatic rings.